The molecular formula is C19H28O. The van der Waals surface area contributed by atoms with Crippen molar-refractivity contribution < 1.29 is 5.11 Å². The maximum absolute atomic E-state index is 10.8. The number of rotatable bonds is 0. The molecule has 110 valence electrons. The van der Waals surface area contributed by atoms with Gasteiger partial charge in [-0.1, -0.05) is 37.6 Å². The van der Waals surface area contributed by atoms with E-state index < -0.39 is 0 Å². The first-order valence-corrected chi connectivity index (χ1v) is 8.61. The minimum Gasteiger partial charge on any atom is -0.392 e. The monoisotopic (exact) mass is 272 g/mol. The largest absolute Gasteiger partial charge is 0.392 e. The van der Waals surface area contributed by atoms with Gasteiger partial charge in [-0.15, -0.1) is 0 Å². The van der Waals surface area contributed by atoms with Gasteiger partial charge in [0.25, 0.3) is 0 Å². The van der Waals surface area contributed by atoms with Crippen molar-refractivity contribution in [3.8, 4) is 0 Å². The molecule has 1 nitrogen and oxygen atoms in total. The molecule has 0 heterocycles. The number of allylic oxidation sites excluding steroid dienone is 3. The smallest absolute Gasteiger partial charge is 0.0633 e. The summed E-state index contributed by atoms with van der Waals surface area (Å²) in [6, 6.07) is 0. The van der Waals surface area contributed by atoms with E-state index in [1.165, 1.54) is 38.5 Å². The fraction of sp³-hybridized carbons (Fsp3) is 0.789. The lowest BCUT2D eigenvalue weighted by Crippen LogP contribution is -2.53. The summed E-state index contributed by atoms with van der Waals surface area (Å²) in [5, 5.41) is 10.8. The van der Waals surface area contributed by atoms with E-state index in [1.807, 2.05) is 0 Å². The molecule has 2 saturated carbocycles. The van der Waals surface area contributed by atoms with Crippen LogP contribution in [0.5, 0.6) is 0 Å². The van der Waals surface area contributed by atoms with Crippen LogP contribution in [0.15, 0.2) is 23.8 Å². The summed E-state index contributed by atoms with van der Waals surface area (Å²) >= 11 is 0. The van der Waals surface area contributed by atoms with Gasteiger partial charge in [-0.25, -0.2) is 0 Å². The fourth-order valence-electron chi connectivity index (χ4n) is 6.20. The third kappa shape index (κ3) is 1.53. The molecular weight excluding hydrogens is 244 g/mol. The Bertz CT molecular complexity index is 476. The zero-order valence-corrected chi connectivity index (χ0v) is 12.9. The molecule has 0 aromatic rings. The van der Waals surface area contributed by atoms with Crippen LogP contribution in [0.3, 0.4) is 0 Å². The standard InChI is InChI=1S/C19H28O/c1-18-11-4-6-15(18)14-9-8-13-5-3-7-17(20)19(13,2)16(14)10-12-18/h4,8,11,14-17,20H,3,5-7,9-10,12H2,1-2H3/t14-,15-,16-,17?,18-,19-/m0/s1. The molecule has 0 bridgehead atoms. The predicted molar refractivity (Wildman–Crippen MR) is 82.2 cm³/mol. The normalized spacial score (nSPS) is 53.9. The molecule has 0 saturated heterocycles. The van der Waals surface area contributed by atoms with Crippen molar-refractivity contribution in [2.24, 2.45) is 28.6 Å². The number of fused-ring (bicyclic) bond motifs is 5. The molecule has 0 amide bonds. The predicted octanol–water partition coefficient (Wildman–Crippen LogP) is 4.48. The van der Waals surface area contributed by atoms with Gasteiger partial charge in [0.1, 0.15) is 0 Å². The quantitative estimate of drug-likeness (QED) is 0.645. The van der Waals surface area contributed by atoms with Gasteiger partial charge in [-0.3, -0.25) is 0 Å². The third-order valence-corrected chi connectivity index (χ3v) is 7.48. The molecule has 6 atom stereocenters. The molecule has 0 spiro atoms. The Morgan fingerprint density at radius 1 is 1.15 bits per heavy atom. The fourth-order valence-corrected chi connectivity index (χ4v) is 6.20. The van der Waals surface area contributed by atoms with Crippen molar-refractivity contribution >= 4 is 0 Å². The lowest BCUT2D eigenvalue weighted by molar-refractivity contribution is -0.0759. The van der Waals surface area contributed by atoms with Gasteiger partial charge in [-0.05, 0) is 68.1 Å². The topological polar surface area (TPSA) is 20.2 Å². The molecule has 4 aliphatic carbocycles. The van der Waals surface area contributed by atoms with Gasteiger partial charge in [0, 0.05) is 5.41 Å². The first kappa shape index (κ1) is 13.1. The summed E-state index contributed by atoms with van der Waals surface area (Å²) in [4.78, 5) is 0. The van der Waals surface area contributed by atoms with Crippen LogP contribution in [0.25, 0.3) is 0 Å². The van der Waals surface area contributed by atoms with Crippen molar-refractivity contribution in [1.82, 2.24) is 0 Å². The minimum absolute atomic E-state index is 0.0884. The highest BCUT2D eigenvalue weighted by molar-refractivity contribution is 5.27. The SMILES string of the molecule is C[C@@]12C=CC[C@H]1[C@@H]1CC=C3CCCC(O)[C@]3(C)[C@H]1CC2. The average Bonchev–Trinajstić information content (AvgIpc) is 2.82. The van der Waals surface area contributed by atoms with Gasteiger partial charge < -0.3 is 5.11 Å². The number of aliphatic hydroxyl groups excluding tert-OH is 1. The maximum Gasteiger partial charge on any atom is 0.0633 e. The Hall–Kier alpha value is -0.560. The first-order valence-electron chi connectivity index (χ1n) is 8.61. The highest BCUT2D eigenvalue weighted by atomic mass is 16.3. The summed E-state index contributed by atoms with van der Waals surface area (Å²) in [6.45, 7) is 4.85. The van der Waals surface area contributed by atoms with Gasteiger partial charge in [0.2, 0.25) is 0 Å². The molecule has 0 aromatic carbocycles. The highest BCUT2D eigenvalue weighted by Crippen LogP contribution is 2.63. The van der Waals surface area contributed by atoms with E-state index in [-0.39, 0.29) is 11.5 Å². The molecule has 2 fully saturated rings. The van der Waals surface area contributed by atoms with Gasteiger partial charge in [0.15, 0.2) is 0 Å². The minimum atomic E-state index is -0.103. The second-order valence-electron chi connectivity index (χ2n) is 8.22. The second-order valence-corrected chi connectivity index (χ2v) is 8.22. The molecule has 0 radical (unpaired) electrons. The Morgan fingerprint density at radius 2 is 2.00 bits per heavy atom. The highest BCUT2D eigenvalue weighted by Gasteiger charge is 2.56. The number of hydrogen-bond acceptors (Lipinski definition) is 1. The number of hydrogen-bond donors (Lipinski definition) is 1. The van der Waals surface area contributed by atoms with Crippen LogP contribution in [-0.4, -0.2) is 11.2 Å². The maximum atomic E-state index is 10.8. The Kier molecular flexibility index (Phi) is 2.77. The molecule has 4 rings (SSSR count). The van der Waals surface area contributed by atoms with Crippen LogP contribution in [0.1, 0.15) is 58.8 Å². The van der Waals surface area contributed by atoms with Gasteiger partial charge in [0.05, 0.1) is 6.10 Å². The van der Waals surface area contributed by atoms with E-state index >= 15 is 0 Å². The molecule has 1 heteroatoms. The van der Waals surface area contributed by atoms with E-state index in [4.69, 9.17) is 0 Å². The zero-order chi connectivity index (χ0) is 14.0. The van der Waals surface area contributed by atoms with Crippen LogP contribution in [0.4, 0.5) is 0 Å². The van der Waals surface area contributed by atoms with Gasteiger partial charge in [-0.2, -0.15) is 0 Å². The summed E-state index contributed by atoms with van der Waals surface area (Å²) < 4.78 is 0. The third-order valence-electron chi connectivity index (χ3n) is 7.48. The zero-order valence-electron chi connectivity index (χ0n) is 12.9. The molecule has 0 aliphatic heterocycles. The van der Waals surface area contributed by atoms with Crippen LogP contribution >= 0.6 is 0 Å². The molecule has 0 aromatic heterocycles. The summed E-state index contributed by atoms with van der Waals surface area (Å²) in [6.07, 6.45) is 15.9. The first-order chi connectivity index (χ1) is 9.56. The van der Waals surface area contributed by atoms with E-state index in [2.05, 4.69) is 32.1 Å². The lowest BCUT2D eigenvalue weighted by atomic mass is 9.47. The van der Waals surface area contributed by atoms with E-state index in [0.717, 1.165) is 24.2 Å². The van der Waals surface area contributed by atoms with E-state index in [1.54, 1.807) is 5.57 Å². The molecule has 1 N–H and O–H groups in total. The number of aliphatic hydroxyl groups is 1. The van der Waals surface area contributed by atoms with Crippen molar-refractivity contribution in [3.63, 3.8) is 0 Å². The Balaban J connectivity index is 1.73. The second kappa shape index (κ2) is 4.22. The van der Waals surface area contributed by atoms with Crippen molar-refractivity contribution in [2.75, 3.05) is 0 Å². The average molecular weight is 272 g/mol. The summed E-state index contributed by atoms with van der Waals surface area (Å²) in [5.74, 6) is 2.34. The van der Waals surface area contributed by atoms with Crippen LogP contribution in [0, 0.1) is 28.6 Å². The van der Waals surface area contributed by atoms with Crippen LogP contribution < -0.4 is 0 Å². The van der Waals surface area contributed by atoms with Crippen molar-refractivity contribution in [3.05, 3.63) is 23.8 Å². The molecule has 1 unspecified atom stereocenters. The Morgan fingerprint density at radius 3 is 2.85 bits per heavy atom. The van der Waals surface area contributed by atoms with Crippen molar-refractivity contribution in [2.45, 2.75) is 64.9 Å². The Labute approximate surface area is 123 Å². The molecule has 20 heavy (non-hydrogen) atoms. The van der Waals surface area contributed by atoms with Gasteiger partial charge >= 0.3 is 0 Å². The van der Waals surface area contributed by atoms with Crippen molar-refractivity contribution in [1.29, 1.82) is 0 Å². The van der Waals surface area contributed by atoms with E-state index in [0.29, 0.717) is 5.41 Å². The lowest BCUT2D eigenvalue weighted by Gasteiger charge is -2.58. The van der Waals surface area contributed by atoms with Crippen LogP contribution in [-0.2, 0) is 0 Å². The molecule has 4 aliphatic rings. The van der Waals surface area contributed by atoms with Crippen LogP contribution in [0.2, 0.25) is 0 Å². The summed E-state index contributed by atoms with van der Waals surface area (Å²) in [7, 11) is 0. The summed E-state index contributed by atoms with van der Waals surface area (Å²) in [5.41, 5.74) is 2.13. The van der Waals surface area contributed by atoms with E-state index in [9.17, 15) is 5.11 Å².